The molecule has 0 aliphatic heterocycles. The van der Waals surface area contributed by atoms with Gasteiger partial charge in [-0.3, -0.25) is 4.68 Å². The summed E-state index contributed by atoms with van der Waals surface area (Å²) in [4.78, 5) is 0. The molecular formula is C12H14N2O. The molecule has 78 valence electrons. The molecule has 0 bridgehead atoms. The first-order valence-corrected chi connectivity index (χ1v) is 5.04. The average Bonchev–Trinajstić information content (AvgIpc) is 2.68. The van der Waals surface area contributed by atoms with Crippen molar-refractivity contribution < 1.29 is 5.11 Å². The molecule has 2 rings (SSSR count). The molecule has 0 fully saturated rings. The summed E-state index contributed by atoms with van der Waals surface area (Å²) in [6.45, 7) is 0.962. The number of aliphatic hydroxyl groups is 1. The summed E-state index contributed by atoms with van der Waals surface area (Å²) in [5.41, 5.74) is 2.31. The fourth-order valence-corrected chi connectivity index (χ4v) is 1.52. The molecule has 15 heavy (non-hydrogen) atoms. The summed E-state index contributed by atoms with van der Waals surface area (Å²) in [7, 11) is 0. The van der Waals surface area contributed by atoms with Gasteiger partial charge in [-0.2, -0.15) is 5.10 Å². The minimum absolute atomic E-state index is 0.178. The number of aromatic nitrogens is 2. The van der Waals surface area contributed by atoms with E-state index in [2.05, 4.69) is 17.2 Å². The molecule has 1 aromatic carbocycles. The van der Waals surface area contributed by atoms with Gasteiger partial charge >= 0.3 is 0 Å². The second-order valence-corrected chi connectivity index (χ2v) is 3.51. The molecule has 0 amide bonds. The van der Waals surface area contributed by atoms with Crippen molar-refractivity contribution in [2.75, 3.05) is 6.61 Å². The summed E-state index contributed by atoms with van der Waals surface area (Å²) in [6.07, 6.45) is 4.46. The average molecular weight is 202 g/mol. The maximum absolute atomic E-state index is 8.78. The summed E-state index contributed by atoms with van der Waals surface area (Å²) < 4.78 is 1.89. The Labute approximate surface area is 89.0 Å². The van der Waals surface area contributed by atoms with Crippen LogP contribution in [0.3, 0.4) is 0 Å². The number of hydrogen-bond acceptors (Lipinski definition) is 2. The highest BCUT2D eigenvalue weighted by atomic mass is 16.2. The molecule has 1 aromatic heterocycles. The lowest BCUT2D eigenvalue weighted by atomic mass is 10.2. The second-order valence-electron chi connectivity index (χ2n) is 3.51. The van der Waals surface area contributed by atoms with Crippen molar-refractivity contribution in [1.82, 2.24) is 9.78 Å². The number of rotatable bonds is 4. The van der Waals surface area contributed by atoms with Gasteiger partial charge in [-0.15, -0.1) is 0 Å². The predicted octanol–water partition coefficient (Wildman–Crippen LogP) is 1.47. The van der Waals surface area contributed by atoms with Gasteiger partial charge in [0, 0.05) is 12.8 Å². The Morgan fingerprint density at radius 2 is 1.93 bits per heavy atom. The lowest BCUT2D eigenvalue weighted by Crippen LogP contribution is -1.99. The topological polar surface area (TPSA) is 38.1 Å². The van der Waals surface area contributed by atoms with Gasteiger partial charge in [0.1, 0.15) is 0 Å². The molecule has 0 unspecified atom stereocenters. The highest BCUT2D eigenvalue weighted by molar-refractivity contribution is 5.15. The molecule has 1 heterocycles. The Morgan fingerprint density at radius 1 is 1.13 bits per heavy atom. The molecule has 0 radical (unpaired) electrons. The first kappa shape index (κ1) is 9.93. The monoisotopic (exact) mass is 202 g/mol. The van der Waals surface area contributed by atoms with Crippen molar-refractivity contribution in [3.63, 3.8) is 0 Å². The Bertz CT molecular complexity index is 409. The largest absolute Gasteiger partial charge is 0.396 e. The number of aliphatic hydroxyl groups excluding tert-OH is 1. The van der Waals surface area contributed by atoms with Gasteiger partial charge in [0.15, 0.2) is 0 Å². The molecule has 0 aliphatic rings. The van der Waals surface area contributed by atoms with Crippen LogP contribution in [-0.2, 0) is 13.0 Å². The van der Waals surface area contributed by atoms with Gasteiger partial charge in [0.25, 0.3) is 0 Å². The molecule has 0 spiro atoms. The van der Waals surface area contributed by atoms with Crippen molar-refractivity contribution in [2.45, 2.75) is 13.0 Å². The van der Waals surface area contributed by atoms with Crippen LogP contribution in [0.1, 0.15) is 11.1 Å². The van der Waals surface area contributed by atoms with Crippen LogP contribution in [0, 0.1) is 0 Å². The summed E-state index contributed by atoms with van der Waals surface area (Å²) in [5.74, 6) is 0. The van der Waals surface area contributed by atoms with Gasteiger partial charge < -0.3 is 5.11 Å². The summed E-state index contributed by atoms with van der Waals surface area (Å²) in [5, 5.41) is 13.0. The van der Waals surface area contributed by atoms with E-state index in [0.717, 1.165) is 12.1 Å². The summed E-state index contributed by atoms with van der Waals surface area (Å²) in [6, 6.07) is 10.2. The highest BCUT2D eigenvalue weighted by Crippen LogP contribution is 2.04. The molecule has 2 aromatic rings. The van der Waals surface area contributed by atoms with Crippen LogP contribution in [0.2, 0.25) is 0 Å². The van der Waals surface area contributed by atoms with E-state index in [4.69, 9.17) is 5.11 Å². The van der Waals surface area contributed by atoms with E-state index in [0.29, 0.717) is 6.42 Å². The van der Waals surface area contributed by atoms with Crippen molar-refractivity contribution >= 4 is 0 Å². The molecule has 3 heteroatoms. The second kappa shape index (κ2) is 4.75. The van der Waals surface area contributed by atoms with E-state index in [1.165, 1.54) is 5.56 Å². The van der Waals surface area contributed by atoms with Crippen molar-refractivity contribution in [2.24, 2.45) is 0 Å². The molecule has 1 N–H and O–H groups in total. The minimum atomic E-state index is 0.178. The minimum Gasteiger partial charge on any atom is -0.396 e. The third-order valence-corrected chi connectivity index (χ3v) is 2.27. The molecule has 3 nitrogen and oxygen atoms in total. The highest BCUT2D eigenvalue weighted by Gasteiger charge is 1.98. The number of benzene rings is 1. The van der Waals surface area contributed by atoms with Crippen molar-refractivity contribution in [3.05, 3.63) is 53.9 Å². The fourth-order valence-electron chi connectivity index (χ4n) is 1.52. The smallest absolute Gasteiger partial charge is 0.0659 e. The van der Waals surface area contributed by atoms with Gasteiger partial charge in [-0.1, -0.05) is 30.3 Å². The van der Waals surface area contributed by atoms with E-state index in [1.807, 2.05) is 29.1 Å². The molecule has 0 saturated heterocycles. The zero-order chi connectivity index (χ0) is 10.5. The maximum Gasteiger partial charge on any atom is 0.0659 e. The van der Waals surface area contributed by atoms with Crippen LogP contribution in [0.15, 0.2) is 42.7 Å². The third-order valence-electron chi connectivity index (χ3n) is 2.27. The fraction of sp³-hybridized carbons (Fsp3) is 0.250. The molecule has 0 atom stereocenters. The van der Waals surface area contributed by atoms with Gasteiger partial charge in [-0.05, 0) is 17.5 Å². The SMILES string of the molecule is OCCc1cnn(Cc2ccccc2)c1. The Kier molecular flexibility index (Phi) is 3.15. The zero-order valence-corrected chi connectivity index (χ0v) is 8.50. The Morgan fingerprint density at radius 3 is 2.67 bits per heavy atom. The predicted molar refractivity (Wildman–Crippen MR) is 58.6 cm³/mol. The summed E-state index contributed by atoms with van der Waals surface area (Å²) >= 11 is 0. The number of nitrogens with zero attached hydrogens (tertiary/aromatic N) is 2. The van der Waals surface area contributed by atoms with E-state index >= 15 is 0 Å². The maximum atomic E-state index is 8.78. The van der Waals surface area contributed by atoms with Crippen LogP contribution < -0.4 is 0 Å². The van der Waals surface area contributed by atoms with E-state index in [9.17, 15) is 0 Å². The lowest BCUT2D eigenvalue weighted by molar-refractivity contribution is 0.299. The van der Waals surface area contributed by atoms with Crippen LogP contribution in [0.25, 0.3) is 0 Å². The normalized spacial score (nSPS) is 10.5. The quantitative estimate of drug-likeness (QED) is 0.815. The Hall–Kier alpha value is -1.61. The zero-order valence-electron chi connectivity index (χ0n) is 8.50. The van der Waals surface area contributed by atoms with Crippen molar-refractivity contribution in [1.29, 1.82) is 0 Å². The first-order valence-electron chi connectivity index (χ1n) is 5.04. The molecule has 0 aliphatic carbocycles. The van der Waals surface area contributed by atoms with Crippen LogP contribution in [-0.4, -0.2) is 21.5 Å². The van der Waals surface area contributed by atoms with Gasteiger partial charge in [-0.25, -0.2) is 0 Å². The standard InChI is InChI=1S/C12H14N2O/c15-7-6-12-8-13-14(10-12)9-11-4-2-1-3-5-11/h1-5,8,10,15H,6-7,9H2. The van der Waals surface area contributed by atoms with Crippen LogP contribution in [0.5, 0.6) is 0 Å². The number of hydrogen-bond donors (Lipinski definition) is 1. The van der Waals surface area contributed by atoms with E-state index in [-0.39, 0.29) is 6.61 Å². The lowest BCUT2D eigenvalue weighted by Gasteiger charge is -2.00. The third kappa shape index (κ3) is 2.67. The van der Waals surface area contributed by atoms with Crippen molar-refractivity contribution in [3.8, 4) is 0 Å². The van der Waals surface area contributed by atoms with E-state index in [1.54, 1.807) is 6.20 Å². The first-order chi connectivity index (χ1) is 7.38. The van der Waals surface area contributed by atoms with Crippen LogP contribution >= 0.6 is 0 Å². The van der Waals surface area contributed by atoms with Gasteiger partial charge in [0.05, 0.1) is 12.7 Å². The van der Waals surface area contributed by atoms with Crippen LogP contribution in [0.4, 0.5) is 0 Å². The Balaban J connectivity index is 2.05. The van der Waals surface area contributed by atoms with Gasteiger partial charge in [0.2, 0.25) is 0 Å². The van der Waals surface area contributed by atoms with E-state index < -0.39 is 0 Å². The molecular weight excluding hydrogens is 188 g/mol. The molecule has 0 saturated carbocycles.